The first-order valence-corrected chi connectivity index (χ1v) is 8.27. The minimum Gasteiger partial charge on any atom is -0.372 e. The van der Waals surface area contributed by atoms with Crippen molar-refractivity contribution in [2.45, 2.75) is 44.9 Å². The molecule has 2 saturated heterocycles. The van der Waals surface area contributed by atoms with Gasteiger partial charge in [0.2, 0.25) is 0 Å². The van der Waals surface area contributed by atoms with E-state index in [0.29, 0.717) is 12.1 Å². The van der Waals surface area contributed by atoms with Gasteiger partial charge in [-0.15, -0.1) is 0 Å². The van der Waals surface area contributed by atoms with Crippen LogP contribution in [0.4, 0.5) is 0 Å². The maximum Gasteiger partial charge on any atom is 0.101 e. The highest BCUT2D eigenvalue weighted by molar-refractivity contribution is 7.99. The molecule has 0 bridgehead atoms. The summed E-state index contributed by atoms with van der Waals surface area (Å²) in [7, 11) is 2.01. The van der Waals surface area contributed by atoms with Crippen molar-refractivity contribution < 1.29 is 4.74 Å². The van der Waals surface area contributed by atoms with Gasteiger partial charge in [0.25, 0.3) is 0 Å². The lowest BCUT2D eigenvalue weighted by Crippen LogP contribution is -2.40. The predicted octanol–water partition coefficient (Wildman–Crippen LogP) is 1.96. The molecule has 3 heterocycles. The fraction of sp³-hybridized carbons (Fsp3) is 0.786. The summed E-state index contributed by atoms with van der Waals surface area (Å²) in [5, 5.41) is 8.33. The van der Waals surface area contributed by atoms with Crippen LogP contribution in [0.2, 0.25) is 0 Å². The molecule has 1 aromatic rings. The van der Waals surface area contributed by atoms with Crippen molar-refractivity contribution >= 4 is 11.8 Å². The molecule has 0 aromatic carbocycles. The van der Waals surface area contributed by atoms with Crippen LogP contribution in [-0.4, -0.2) is 40.0 Å². The molecule has 0 saturated carbocycles. The predicted molar refractivity (Wildman–Crippen MR) is 78.6 cm³/mol. The summed E-state index contributed by atoms with van der Waals surface area (Å²) in [5.74, 6) is 2.54. The lowest BCUT2D eigenvalue weighted by atomic mass is 9.99. The molecule has 2 aliphatic rings. The Morgan fingerprint density at radius 3 is 2.84 bits per heavy atom. The van der Waals surface area contributed by atoms with E-state index < -0.39 is 0 Å². The highest BCUT2D eigenvalue weighted by Crippen LogP contribution is 2.34. The Balaban J connectivity index is 1.78. The van der Waals surface area contributed by atoms with Gasteiger partial charge in [-0.2, -0.15) is 16.9 Å². The van der Waals surface area contributed by atoms with Crippen molar-refractivity contribution in [2.24, 2.45) is 7.05 Å². The van der Waals surface area contributed by atoms with Gasteiger partial charge in [-0.05, 0) is 32.4 Å². The zero-order valence-corrected chi connectivity index (χ0v) is 12.8. The summed E-state index contributed by atoms with van der Waals surface area (Å²) in [4.78, 5) is 0. The van der Waals surface area contributed by atoms with Gasteiger partial charge in [0.1, 0.15) is 6.10 Å². The van der Waals surface area contributed by atoms with Gasteiger partial charge in [-0.3, -0.25) is 4.68 Å². The van der Waals surface area contributed by atoms with Gasteiger partial charge in [-0.1, -0.05) is 0 Å². The lowest BCUT2D eigenvalue weighted by Gasteiger charge is -2.23. The van der Waals surface area contributed by atoms with Crippen LogP contribution in [0.1, 0.15) is 35.9 Å². The summed E-state index contributed by atoms with van der Waals surface area (Å²) in [6, 6.07) is 1.11. The smallest absolute Gasteiger partial charge is 0.101 e. The van der Waals surface area contributed by atoms with Crippen LogP contribution >= 0.6 is 11.8 Å². The maximum atomic E-state index is 6.01. The number of nitrogens with zero attached hydrogens (tertiary/aromatic N) is 2. The standard InChI is InChI=1S/C14H23N3OS/c1-9-13(10(2)17(3)16-9)14-12(4-6-18-14)15-11-5-7-19-8-11/h11-12,14-15H,4-8H2,1-3H3/t11?,12-,14-/m0/s1. The van der Waals surface area contributed by atoms with E-state index in [1.807, 2.05) is 11.7 Å². The van der Waals surface area contributed by atoms with Crippen LogP contribution in [0, 0.1) is 13.8 Å². The number of nitrogens with one attached hydrogen (secondary N) is 1. The van der Waals surface area contributed by atoms with Crippen LogP contribution in [0.5, 0.6) is 0 Å². The summed E-state index contributed by atoms with van der Waals surface area (Å²) in [6.45, 7) is 5.09. The van der Waals surface area contributed by atoms with Crippen molar-refractivity contribution in [1.29, 1.82) is 0 Å². The Labute approximate surface area is 119 Å². The topological polar surface area (TPSA) is 39.1 Å². The van der Waals surface area contributed by atoms with E-state index >= 15 is 0 Å². The molecule has 1 N–H and O–H groups in total. The third-order valence-electron chi connectivity index (χ3n) is 4.32. The molecule has 2 aliphatic heterocycles. The molecule has 1 unspecified atom stereocenters. The van der Waals surface area contributed by atoms with Crippen molar-refractivity contribution in [1.82, 2.24) is 15.1 Å². The molecule has 0 aliphatic carbocycles. The fourth-order valence-electron chi connectivity index (χ4n) is 3.22. The van der Waals surface area contributed by atoms with E-state index in [1.165, 1.54) is 29.2 Å². The zero-order valence-electron chi connectivity index (χ0n) is 12.0. The minimum atomic E-state index is 0.180. The third kappa shape index (κ3) is 2.56. The molecule has 5 heteroatoms. The second-order valence-electron chi connectivity index (χ2n) is 5.62. The molecule has 2 fully saturated rings. The van der Waals surface area contributed by atoms with Gasteiger partial charge in [0.05, 0.1) is 5.69 Å². The Bertz CT molecular complexity index is 454. The van der Waals surface area contributed by atoms with Crippen LogP contribution in [0.15, 0.2) is 0 Å². The molecule has 106 valence electrons. The number of rotatable bonds is 3. The van der Waals surface area contributed by atoms with E-state index in [-0.39, 0.29) is 6.10 Å². The van der Waals surface area contributed by atoms with Crippen LogP contribution < -0.4 is 5.32 Å². The molecule has 1 aromatic heterocycles. The molecule has 3 rings (SSSR count). The molecule has 0 spiro atoms. The van der Waals surface area contributed by atoms with Gasteiger partial charge in [-0.25, -0.2) is 0 Å². The zero-order chi connectivity index (χ0) is 13.4. The molecule has 19 heavy (non-hydrogen) atoms. The number of hydrogen-bond acceptors (Lipinski definition) is 4. The summed E-state index contributed by atoms with van der Waals surface area (Å²) in [6.07, 6.45) is 2.58. The normalized spacial score (nSPS) is 31.2. The minimum absolute atomic E-state index is 0.180. The molecule has 3 atom stereocenters. The second kappa shape index (κ2) is 5.46. The Morgan fingerprint density at radius 1 is 1.37 bits per heavy atom. The summed E-state index contributed by atoms with van der Waals surface area (Å²) < 4.78 is 7.98. The highest BCUT2D eigenvalue weighted by atomic mass is 32.2. The van der Waals surface area contributed by atoms with Crippen LogP contribution in [0.25, 0.3) is 0 Å². The van der Waals surface area contributed by atoms with E-state index in [2.05, 4.69) is 36.0 Å². The van der Waals surface area contributed by atoms with Crippen molar-refractivity contribution in [3.8, 4) is 0 Å². The molecule has 0 amide bonds. The molecule has 0 radical (unpaired) electrons. The van der Waals surface area contributed by atoms with Crippen molar-refractivity contribution in [2.75, 3.05) is 18.1 Å². The van der Waals surface area contributed by atoms with E-state index in [0.717, 1.165) is 18.7 Å². The van der Waals surface area contributed by atoms with E-state index in [1.54, 1.807) is 0 Å². The third-order valence-corrected chi connectivity index (χ3v) is 5.48. The van der Waals surface area contributed by atoms with Crippen molar-refractivity contribution in [3.63, 3.8) is 0 Å². The maximum absolute atomic E-state index is 6.01. The number of aryl methyl sites for hydroxylation is 2. The monoisotopic (exact) mass is 281 g/mol. The van der Waals surface area contributed by atoms with Gasteiger partial charge >= 0.3 is 0 Å². The lowest BCUT2D eigenvalue weighted by molar-refractivity contribution is 0.0959. The Hall–Kier alpha value is -0.520. The Morgan fingerprint density at radius 2 is 2.21 bits per heavy atom. The number of hydrogen-bond donors (Lipinski definition) is 1. The first-order valence-electron chi connectivity index (χ1n) is 7.12. The summed E-state index contributed by atoms with van der Waals surface area (Å²) >= 11 is 2.05. The fourth-order valence-corrected chi connectivity index (χ4v) is 4.38. The SMILES string of the molecule is Cc1nn(C)c(C)c1[C@H]1OCC[C@@H]1NC1CCSC1. The van der Waals surface area contributed by atoms with Gasteiger partial charge in [0.15, 0.2) is 0 Å². The number of aromatic nitrogens is 2. The summed E-state index contributed by atoms with van der Waals surface area (Å²) in [5.41, 5.74) is 3.64. The van der Waals surface area contributed by atoms with Gasteiger partial charge in [0, 0.05) is 42.7 Å². The van der Waals surface area contributed by atoms with Crippen molar-refractivity contribution in [3.05, 3.63) is 17.0 Å². The van der Waals surface area contributed by atoms with E-state index in [4.69, 9.17) is 4.74 Å². The molecule has 4 nitrogen and oxygen atoms in total. The average molecular weight is 281 g/mol. The highest BCUT2D eigenvalue weighted by Gasteiger charge is 2.35. The first-order chi connectivity index (χ1) is 9.16. The van der Waals surface area contributed by atoms with Gasteiger partial charge < -0.3 is 10.1 Å². The first kappa shape index (κ1) is 13.5. The molecular formula is C14H23N3OS. The average Bonchev–Trinajstić information content (AvgIpc) is 3.06. The number of ether oxygens (including phenoxy) is 1. The second-order valence-corrected chi connectivity index (χ2v) is 6.77. The van der Waals surface area contributed by atoms with E-state index in [9.17, 15) is 0 Å². The largest absolute Gasteiger partial charge is 0.372 e. The van der Waals surface area contributed by atoms with Crippen LogP contribution in [0.3, 0.4) is 0 Å². The number of thioether (sulfide) groups is 1. The van der Waals surface area contributed by atoms with Crippen LogP contribution in [-0.2, 0) is 11.8 Å². The quantitative estimate of drug-likeness (QED) is 0.919. The molecular weight excluding hydrogens is 258 g/mol. The Kier molecular flexibility index (Phi) is 3.87.